The van der Waals surface area contributed by atoms with Gasteiger partial charge in [0.15, 0.2) is 0 Å². The number of nitrogens with zero attached hydrogens (tertiary/aromatic N) is 1. The van der Waals surface area contributed by atoms with Crippen molar-refractivity contribution >= 4 is 11.3 Å². The minimum absolute atomic E-state index is 0.330. The number of alkyl halides is 1. The third-order valence-electron chi connectivity index (χ3n) is 1.58. The molecule has 0 radical (unpaired) electrons. The number of hydrogen-bond donors (Lipinski definition) is 1. The van der Waals surface area contributed by atoms with E-state index in [0.29, 0.717) is 25.3 Å². The Morgan fingerprint density at radius 1 is 1.77 bits per heavy atom. The van der Waals surface area contributed by atoms with Crippen LogP contribution >= 0.6 is 11.3 Å². The molecule has 0 bridgehead atoms. The summed E-state index contributed by atoms with van der Waals surface area (Å²) in [5, 5.41) is 2.52. The van der Waals surface area contributed by atoms with Crippen LogP contribution in [0.25, 0.3) is 0 Å². The van der Waals surface area contributed by atoms with E-state index in [9.17, 15) is 4.39 Å². The largest absolute Gasteiger partial charge is 0.378 e. The van der Waals surface area contributed by atoms with E-state index in [2.05, 4.69) is 4.98 Å². The van der Waals surface area contributed by atoms with Crippen LogP contribution < -0.4 is 5.73 Å². The fraction of sp³-hybridized carbons (Fsp3) is 0.625. The van der Waals surface area contributed by atoms with E-state index in [1.54, 1.807) is 12.5 Å². The SMILES string of the molecule is COCc1nc(C(F)CCN)cs1. The summed E-state index contributed by atoms with van der Waals surface area (Å²) in [5.74, 6) is 0. The normalized spacial score (nSPS) is 13.2. The standard InChI is InChI=1S/C8H13FN2OS/c1-12-4-8-11-7(5-13-8)6(9)2-3-10/h5-6H,2-4,10H2,1H3. The van der Waals surface area contributed by atoms with Gasteiger partial charge in [-0.15, -0.1) is 11.3 Å². The van der Waals surface area contributed by atoms with Crippen LogP contribution in [0.1, 0.15) is 23.3 Å². The van der Waals surface area contributed by atoms with Crippen molar-refractivity contribution in [3.63, 3.8) is 0 Å². The summed E-state index contributed by atoms with van der Waals surface area (Å²) >= 11 is 1.41. The lowest BCUT2D eigenvalue weighted by molar-refractivity contribution is 0.184. The Bertz CT molecular complexity index is 254. The molecule has 1 unspecified atom stereocenters. The van der Waals surface area contributed by atoms with Crippen molar-refractivity contribution in [3.05, 3.63) is 16.1 Å². The minimum atomic E-state index is -1.04. The molecule has 0 spiro atoms. The Kier molecular flexibility index (Phi) is 4.27. The van der Waals surface area contributed by atoms with E-state index in [4.69, 9.17) is 10.5 Å². The Morgan fingerprint density at radius 3 is 3.15 bits per heavy atom. The third-order valence-corrected chi connectivity index (χ3v) is 2.42. The van der Waals surface area contributed by atoms with Gasteiger partial charge < -0.3 is 10.5 Å². The van der Waals surface area contributed by atoms with E-state index < -0.39 is 6.17 Å². The molecule has 1 aromatic heterocycles. The molecule has 0 aromatic carbocycles. The van der Waals surface area contributed by atoms with E-state index in [1.165, 1.54) is 11.3 Å². The van der Waals surface area contributed by atoms with E-state index in [1.807, 2.05) is 0 Å². The van der Waals surface area contributed by atoms with Crippen molar-refractivity contribution in [2.24, 2.45) is 5.73 Å². The molecule has 5 heteroatoms. The van der Waals surface area contributed by atoms with Crippen molar-refractivity contribution in [1.29, 1.82) is 0 Å². The molecule has 13 heavy (non-hydrogen) atoms. The van der Waals surface area contributed by atoms with Gasteiger partial charge in [0.1, 0.15) is 11.2 Å². The average Bonchev–Trinajstić information content (AvgIpc) is 2.54. The number of halogens is 1. The van der Waals surface area contributed by atoms with Crippen LogP contribution in [0.4, 0.5) is 4.39 Å². The summed E-state index contributed by atoms with van der Waals surface area (Å²) in [5.41, 5.74) is 5.72. The van der Waals surface area contributed by atoms with Crippen LogP contribution in [-0.4, -0.2) is 18.6 Å². The number of nitrogens with two attached hydrogens (primary N) is 1. The van der Waals surface area contributed by atoms with E-state index >= 15 is 0 Å². The number of hydrogen-bond acceptors (Lipinski definition) is 4. The van der Waals surface area contributed by atoms with Crippen molar-refractivity contribution in [1.82, 2.24) is 4.98 Å². The molecule has 2 N–H and O–H groups in total. The summed E-state index contributed by atoms with van der Waals surface area (Å²) < 4.78 is 18.1. The number of rotatable bonds is 5. The van der Waals surface area contributed by atoms with Gasteiger partial charge in [0.05, 0.1) is 12.3 Å². The first-order valence-corrected chi connectivity index (χ1v) is 4.93. The molecular formula is C8H13FN2OS. The predicted octanol–water partition coefficient (Wildman–Crippen LogP) is 1.65. The number of thiazole rings is 1. The van der Waals surface area contributed by atoms with E-state index in [-0.39, 0.29) is 0 Å². The molecule has 1 rings (SSSR count). The molecule has 0 saturated carbocycles. The molecule has 1 heterocycles. The monoisotopic (exact) mass is 204 g/mol. The first-order valence-electron chi connectivity index (χ1n) is 4.05. The molecule has 1 atom stereocenters. The number of ether oxygens (including phenoxy) is 1. The second-order valence-electron chi connectivity index (χ2n) is 2.64. The van der Waals surface area contributed by atoms with Gasteiger partial charge in [0.25, 0.3) is 0 Å². The summed E-state index contributed by atoms with van der Waals surface area (Å²) in [7, 11) is 1.59. The third kappa shape index (κ3) is 3.02. The molecule has 0 saturated heterocycles. The van der Waals surface area contributed by atoms with Crippen LogP contribution in [0, 0.1) is 0 Å². The highest BCUT2D eigenvalue weighted by Gasteiger charge is 2.12. The maximum Gasteiger partial charge on any atom is 0.144 e. The molecule has 0 amide bonds. The lowest BCUT2D eigenvalue weighted by Gasteiger charge is -2.01. The Hall–Kier alpha value is -0.520. The average molecular weight is 204 g/mol. The quantitative estimate of drug-likeness (QED) is 0.793. The Balaban J connectivity index is 2.56. The van der Waals surface area contributed by atoms with Crippen LogP contribution in [0.5, 0.6) is 0 Å². The zero-order chi connectivity index (χ0) is 9.68. The number of aromatic nitrogens is 1. The Morgan fingerprint density at radius 2 is 2.54 bits per heavy atom. The molecular weight excluding hydrogens is 191 g/mol. The summed E-state index contributed by atoms with van der Waals surface area (Å²) in [6.07, 6.45) is -0.706. The van der Waals surface area contributed by atoms with Crippen LogP contribution in [-0.2, 0) is 11.3 Å². The summed E-state index contributed by atoms with van der Waals surface area (Å²) in [4.78, 5) is 4.08. The van der Waals surface area contributed by atoms with Gasteiger partial charge in [-0.25, -0.2) is 9.37 Å². The topological polar surface area (TPSA) is 48.1 Å². The van der Waals surface area contributed by atoms with Crippen molar-refractivity contribution in [2.75, 3.05) is 13.7 Å². The predicted molar refractivity (Wildman–Crippen MR) is 50.3 cm³/mol. The van der Waals surface area contributed by atoms with Crippen LogP contribution in [0.2, 0.25) is 0 Å². The van der Waals surface area contributed by atoms with Gasteiger partial charge in [-0.3, -0.25) is 0 Å². The molecule has 0 aliphatic carbocycles. The fourth-order valence-corrected chi connectivity index (χ4v) is 1.75. The number of methoxy groups -OCH3 is 1. The fourth-order valence-electron chi connectivity index (χ4n) is 0.953. The van der Waals surface area contributed by atoms with Gasteiger partial charge in [-0.1, -0.05) is 0 Å². The highest BCUT2D eigenvalue weighted by atomic mass is 32.1. The van der Waals surface area contributed by atoms with Gasteiger partial charge in [-0.05, 0) is 13.0 Å². The van der Waals surface area contributed by atoms with Crippen molar-refractivity contribution < 1.29 is 9.13 Å². The van der Waals surface area contributed by atoms with Gasteiger partial charge in [0, 0.05) is 12.5 Å². The van der Waals surface area contributed by atoms with Crippen molar-refractivity contribution in [2.45, 2.75) is 19.2 Å². The molecule has 74 valence electrons. The second-order valence-corrected chi connectivity index (χ2v) is 3.59. The first-order chi connectivity index (χ1) is 6.27. The second kappa shape index (κ2) is 5.26. The summed E-state index contributed by atoms with van der Waals surface area (Å²) in [6.45, 7) is 0.790. The van der Waals surface area contributed by atoms with Crippen molar-refractivity contribution in [3.8, 4) is 0 Å². The highest BCUT2D eigenvalue weighted by molar-refractivity contribution is 7.09. The van der Waals surface area contributed by atoms with Gasteiger partial charge in [0.2, 0.25) is 0 Å². The maximum absolute atomic E-state index is 13.2. The first kappa shape index (κ1) is 10.6. The molecule has 3 nitrogen and oxygen atoms in total. The highest BCUT2D eigenvalue weighted by Crippen LogP contribution is 2.22. The molecule has 0 aliphatic heterocycles. The lowest BCUT2D eigenvalue weighted by atomic mass is 10.2. The maximum atomic E-state index is 13.2. The van der Waals surface area contributed by atoms with Crippen LogP contribution in [0.15, 0.2) is 5.38 Å². The summed E-state index contributed by atoms with van der Waals surface area (Å²) in [6, 6.07) is 0. The molecule has 0 fully saturated rings. The van der Waals surface area contributed by atoms with Crippen LogP contribution in [0.3, 0.4) is 0 Å². The zero-order valence-electron chi connectivity index (χ0n) is 7.50. The zero-order valence-corrected chi connectivity index (χ0v) is 8.31. The molecule has 0 aliphatic rings. The lowest BCUT2D eigenvalue weighted by Crippen LogP contribution is -2.04. The minimum Gasteiger partial charge on any atom is -0.378 e. The van der Waals surface area contributed by atoms with E-state index in [0.717, 1.165) is 5.01 Å². The molecule has 1 aromatic rings. The smallest absolute Gasteiger partial charge is 0.144 e. The Labute approximate surface area is 80.7 Å². The van der Waals surface area contributed by atoms with Gasteiger partial charge in [-0.2, -0.15) is 0 Å². The van der Waals surface area contributed by atoms with Gasteiger partial charge >= 0.3 is 0 Å².